The number of esters is 1. The van der Waals surface area contributed by atoms with E-state index in [4.69, 9.17) is 14.2 Å². The Labute approximate surface area is 172 Å². The van der Waals surface area contributed by atoms with Gasteiger partial charge in [-0.05, 0) is 35.9 Å². The van der Waals surface area contributed by atoms with Crippen molar-refractivity contribution in [1.82, 2.24) is 0 Å². The first-order chi connectivity index (χ1) is 13.9. The molecule has 2 aliphatic heterocycles. The average Bonchev–Trinajstić information content (AvgIpc) is 2.77. The van der Waals surface area contributed by atoms with Gasteiger partial charge in [-0.1, -0.05) is 19.9 Å². The number of anilines is 1. The molecule has 0 saturated carbocycles. The third-order valence-electron chi connectivity index (χ3n) is 6.18. The SMILES string of the molecule is C#C.COC(=O)c1ccc2c(c1)C(C)(C)C1COc3cccc(OC)c3C1N2C. The van der Waals surface area contributed by atoms with Crippen LogP contribution in [0.5, 0.6) is 11.5 Å². The fraction of sp³-hybridized carbons (Fsp3) is 0.375. The van der Waals surface area contributed by atoms with Crippen molar-refractivity contribution in [2.75, 3.05) is 32.8 Å². The van der Waals surface area contributed by atoms with Crippen molar-refractivity contribution in [2.24, 2.45) is 5.92 Å². The molecule has 0 amide bonds. The van der Waals surface area contributed by atoms with Crippen LogP contribution in [0.2, 0.25) is 0 Å². The van der Waals surface area contributed by atoms with Gasteiger partial charge in [0.25, 0.3) is 0 Å². The summed E-state index contributed by atoms with van der Waals surface area (Å²) in [6, 6.07) is 11.9. The van der Waals surface area contributed by atoms with Crippen LogP contribution < -0.4 is 14.4 Å². The van der Waals surface area contributed by atoms with Crippen LogP contribution in [0.15, 0.2) is 36.4 Å². The van der Waals surface area contributed by atoms with E-state index in [1.807, 2.05) is 36.4 Å². The zero-order chi connectivity index (χ0) is 21.3. The predicted octanol–water partition coefficient (Wildman–Crippen LogP) is 4.21. The topological polar surface area (TPSA) is 48.0 Å². The number of hydrogen-bond acceptors (Lipinski definition) is 5. The van der Waals surface area contributed by atoms with Crippen LogP contribution in [-0.4, -0.2) is 33.8 Å². The molecule has 4 rings (SSSR count). The van der Waals surface area contributed by atoms with Gasteiger partial charge in [0.05, 0.1) is 38.0 Å². The van der Waals surface area contributed by atoms with Gasteiger partial charge in [0.2, 0.25) is 0 Å². The molecule has 2 unspecified atom stereocenters. The van der Waals surface area contributed by atoms with Crippen molar-refractivity contribution < 1.29 is 19.0 Å². The lowest BCUT2D eigenvalue weighted by molar-refractivity contribution is 0.0600. The molecule has 0 bridgehead atoms. The number of benzene rings is 2. The Balaban J connectivity index is 0.00000117. The number of terminal acetylenes is 1. The number of carbonyl (C=O) groups is 1. The predicted molar refractivity (Wildman–Crippen MR) is 114 cm³/mol. The summed E-state index contributed by atoms with van der Waals surface area (Å²) in [6.07, 6.45) is 8.00. The van der Waals surface area contributed by atoms with Gasteiger partial charge in [-0.15, -0.1) is 12.8 Å². The highest BCUT2D eigenvalue weighted by Gasteiger charge is 2.49. The lowest BCUT2D eigenvalue weighted by Gasteiger charge is -2.52. The highest BCUT2D eigenvalue weighted by atomic mass is 16.5. The van der Waals surface area contributed by atoms with Gasteiger partial charge in [0.15, 0.2) is 0 Å². The fourth-order valence-electron chi connectivity index (χ4n) is 4.61. The molecule has 2 aliphatic rings. The van der Waals surface area contributed by atoms with Gasteiger partial charge in [0, 0.05) is 24.1 Å². The summed E-state index contributed by atoms with van der Waals surface area (Å²) in [5.74, 6) is 1.63. The number of rotatable bonds is 2. The Kier molecular flexibility index (Phi) is 5.48. The van der Waals surface area contributed by atoms with Gasteiger partial charge in [-0.3, -0.25) is 0 Å². The van der Waals surface area contributed by atoms with E-state index in [1.165, 1.54) is 7.11 Å². The van der Waals surface area contributed by atoms with Crippen LogP contribution in [-0.2, 0) is 10.2 Å². The molecule has 2 aromatic carbocycles. The monoisotopic (exact) mass is 393 g/mol. The minimum Gasteiger partial charge on any atom is -0.496 e. The Bertz CT molecular complexity index is 933. The number of methoxy groups -OCH3 is 2. The number of fused-ring (bicyclic) bond motifs is 4. The number of ether oxygens (including phenoxy) is 3. The molecule has 152 valence electrons. The van der Waals surface area contributed by atoms with Crippen LogP contribution >= 0.6 is 0 Å². The molecule has 5 heteroatoms. The molecule has 2 aromatic rings. The standard InChI is InChI=1S/C22H25NO4.C2H2/c1-22(2)14-11-13(21(24)26-5)9-10-16(14)23(3)20-15(22)12-27-18-8-6-7-17(25-4)19(18)20;1-2/h6-11,15,20H,12H2,1-5H3;1-2H. The molecule has 29 heavy (non-hydrogen) atoms. The van der Waals surface area contributed by atoms with Gasteiger partial charge < -0.3 is 19.1 Å². The van der Waals surface area contributed by atoms with E-state index in [-0.39, 0.29) is 23.3 Å². The van der Waals surface area contributed by atoms with E-state index >= 15 is 0 Å². The summed E-state index contributed by atoms with van der Waals surface area (Å²) in [7, 11) is 5.21. The summed E-state index contributed by atoms with van der Waals surface area (Å²) in [5, 5.41) is 0. The zero-order valence-corrected chi connectivity index (χ0v) is 17.6. The quantitative estimate of drug-likeness (QED) is 0.565. The molecule has 2 heterocycles. The summed E-state index contributed by atoms with van der Waals surface area (Å²) < 4.78 is 16.7. The molecule has 0 saturated heterocycles. The van der Waals surface area contributed by atoms with Gasteiger partial charge in [-0.2, -0.15) is 0 Å². The Morgan fingerprint density at radius 1 is 1.21 bits per heavy atom. The number of hydrogen-bond donors (Lipinski definition) is 0. The molecule has 0 aromatic heterocycles. The third kappa shape index (κ3) is 3.09. The second kappa shape index (κ2) is 7.71. The van der Waals surface area contributed by atoms with E-state index in [2.05, 4.69) is 38.6 Å². The van der Waals surface area contributed by atoms with Gasteiger partial charge >= 0.3 is 5.97 Å². The van der Waals surface area contributed by atoms with Crippen molar-refractivity contribution in [3.63, 3.8) is 0 Å². The normalized spacial score (nSPS) is 20.6. The van der Waals surface area contributed by atoms with Crippen molar-refractivity contribution in [1.29, 1.82) is 0 Å². The first-order valence-electron chi connectivity index (χ1n) is 9.49. The Morgan fingerprint density at radius 3 is 2.59 bits per heavy atom. The summed E-state index contributed by atoms with van der Waals surface area (Å²) in [5.41, 5.74) is 3.74. The summed E-state index contributed by atoms with van der Waals surface area (Å²) in [4.78, 5) is 14.3. The van der Waals surface area contributed by atoms with E-state index in [0.29, 0.717) is 12.2 Å². The van der Waals surface area contributed by atoms with Crippen LogP contribution in [0, 0.1) is 18.8 Å². The van der Waals surface area contributed by atoms with Crippen molar-refractivity contribution >= 4 is 11.7 Å². The lowest BCUT2D eigenvalue weighted by Crippen LogP contribution is -2.50. The Hall–Kier alpha value is -3.13. The molecule has 5 nitrogen and oxygen atoms in total. The van der Waals surface area contributed by atoms with Crippen LogP contribution in [0.25, 0.3) is 0 Å². The maximum Gasteiger partial charge on any atom is 0.337 e. The number of nitrogens with zero attached hydrogens (tertiary/aromatic N) is 1. The lowest BCUT2D eigenvalue weighted by atomic mass is 9.64. The highest BCUT2D eigenvalue weighted by Crippen LogP contribution is 2.56. The maximum absolute atomic E-state index is 12.0. The molecule has 0 spiro atoms. The molecule has 0 radical (unpaired) electrons. The first-order valence-corrected chi connectivity index (χ1v) is 9.49. The van der Waals surface area contributed by atoms with E-state index in [1.54, 1.807) is 7.11 Å². The van der Waals surface area contributed by atoms with Gasteiger partial charge in [-0.25, -0.2) is 4.79 Å². The average molecular weight is 393 g/mol. The van der Waals surface area contributed by atoms with Gasteiger partial charge in [0.1, 0.15) is 11.5 Å². The minimum absolute atomic E-state index is 0.136. The molecule has 0 fully saturated rings. The summed E-state index contributed by atoms with van der Waals surface area (Å²) >= 11 is 0. The highest BCUT2D eigenvalue weighted by molar-refractivity contribution is 5.90. The van der Waals surface area contributed by atoms with Crippen molar-refractivity contribution in [3.05, 3.63) is 53.1 Å². The summed E-state index contributed by atoms with van der Waals surface area (Å²) in [6.45, 7) is 5.06. The van der Waals surface area contributed by atoms with E-state index < -0.39 is 0 Å². The largest absolute Gasteiger partial charge is 0.496 e. The molecular weight excluding hydrogens is 366 g/mol. The molecule has 2 atom stereocenters. The van der Waals surface area contributed by atoms with Crippen molar-refractivity contribution in [3.8, 4) is 24.3 Å². The molecule has 0 N–H and O–H groups in total. The molecule has 0 aliphatic carbocycles. The minimum atomic E-state index is -0.315. The van der Waals surface area contributed by atoms with E-state index in [9.17, 15) is 4.79 Å². The van der Waals surface area contributed by atoms with E-state index in [0.717, 1.165) is 28.3 Å². The molecular formula is C24H27NO4. The second-order valence-electron chi connectivity index (χ2n) is 7.79. The second-order valence-corrected chi connectivity index (χ2v) is 7.79. The van der Waals surface area contributed by atoms with Crippen LogP contribution in [0.4, 0.5) is 5.69 Å². The van der Waals surface area contributed by atoms with Crippen LogP contribution in [0.3, 0.4) is 0 Å². The third-order valence-corrected chi connectivity index (χ3v) is 6.18. The first kappa shape index (κ1) is 20.6. The number of carbonyl (C=O) groups excluding carboxylic acids is 1. The van der Waals surface area contributed by atoms with Crippen molar-refractivity contribution in [2.45, 2.75) is 25.3 Å². The smallest absolute Gasteiger partial charge is 0.337 e. The zero-order valence-electron chi connectivity index (χ0n) is 17.6. The Morgan fingerprint density at radius 2 is 1.93 bits per heavy atom. The maximum atomic E-state index is 12.0. The fourth-order valence-corrected chi connectivity index (χ4v) is 4.61. The van der Waals surface area contributed by atoms with Crippen LogP contribution in [0.1, 0.15) is 41.4 Å².